The normalized spacial score (nSPS) is 15.6. The average Bonchev–Trinajstić information content (AvgIpc) is 3.05. The summed E-state index contributed by atoms with van der Waals surface area (Å²) in [6, 6.07) is 14.9. The van der Waals surface area contributed by atoms with E-state index in [0.29, 0.717) is 24.9 Å². The molecule has 0 bridgehead atoms. The van der Waals surface area contributed by atoms with Gasteiger partial charge >= 0.3 is 12.1 Å². The van der Waals surface area contributed by atoms with Gasteiger partial charge in [-0.3, -0.25) is 24.8 Å². The number of guanidine groups is 1. The van der Waals surface area contributed by atoms with Crippen LogP contribution in [0.5, 0.6) is 0 Å². The Labute approximate surface area is 282 Å². The number of primary amides is 1. The zero-order valence-corrected chi connectivity index (χ0v) is 27.3. The van der Waals surface area contributed by atoms with Crippen LogP contribution >= 0.6 is 0 Å². The van der Waals surface area contributed by atoms with Crippen molar-refractivity contribution in [3.8, 4) is 0 Å². The van der Waals surface area contributed by atoms with Crippen molar-refractivity contribution in [2.75, 3.05) is 6.54 Å². The van der Waals surface area contributed by atoms with Gasteiger partial charge in [0.2, 0.25) is 17.7 Å². The maximum Gasteiger partial charge on any atom is 0.490 e. The summed E-state index contributed by atoms with van der Waals surface area (Å²) in [4.78, 5) is 53.0. The molecule has 1 saturated carbocycles. The van der Waals surface area contributed by atoms with Crippen LogP contribution in [-0.4, -0.2) is 65.4 Å². The number of carbonyl (C=O) groups excluding carboxylic acids is 3. The van der Waals surface area contributed by atoms with Crippen molar-refractivity contribution in [3.63, 3.8) is 0 Å². The van der Waals surface area contributed by atoms with E-state index < -0.39 is 41.5 Å². The van der Waals surface area contributed by atoms with Crippen molar-refractivity contribution in [3.05, 3.63) is 71.3 Å². The van der Waals surface area contributed by atoms with Gasteiger partial charge < -0.3 is 38.7 Å². The minimum Gasteiger partial charge on any atom is -0.475 e. The Morgan fingerprint density at radius 3 is 2.00 bits per heavy atom. The van der Waals surface area contributed by atoms with Crippen LogP contribution in [0, 0.1) is 11.3 Å². The van der Waals surface area contributed by atoms with E-state index in [1.54, 1.807) is 12.1 Å². The third-order valence-electron chi connectivity index (χ3n) is 8.27. The van der Waals surface area contributed by atoms with Gasteiger partial charge in [-0.25, -0.2) is 4.79 Å². The number of carboxylic acids is 1. The van der Waals surface area contributed by atoms with E-state index in [-0.39, 0.29) is 30.0 Å². The number of hydrogen-bond acceptors (Lipinski definition) is 6. The van der Waals surface area contributed by atoms with Crippen LogP contribution in [0.1, 0.15) is 68.6 Å². The molecule has 0 saturated heterocycles. The number of benzene rings is 2. The van der Waals surface area contributed by atoms with Crippen LogP contribution in [0.4, 0.5) is 13.2 Å². The molecular formula is C33H45F3N8O5. The summed E-state index contributed by atoms with van der Waals surface area (Å²) in [5.74, 6) is -4.30. The van der Waals surface area contributed by atoms with Gasteiger partial charge in [-0.2, -0.15) is 13.2 Å². The summed E-state index contributed by atoms with van der Waals surface area (Å²) < 4.78 is 31.7. The third kappa shape index (κ3) is 12.8. The molecule has 2 aromatic rings. The number of carbonyl (C=O) groups is 4. The molecule has 0 aromatic heterocycles. The van der Waals surface area contributed by atoms with E-state index in [1.165, 1.54) is 0 Å². The lowest BCUT2D eigenvalue weighted by Crippen LogP contribution is -2.58. The van der Waals surface area contributed by atoms with Crippen molar-refractivity contribution in [1.29, 1.82) is 5.41 Å². The lowest BCUT2D eigenvalue weighted by molar-refractivity contribution is -0.192. The number of amidine groups is 1. The molecule has 1 aliphatic rings. The number of alkyl halides is 3. The molecule has 0 heterocycles. The molecule has 2 aromatic carbocycles. The lowest BCUT2D eigenvalue weighted by atomic mass is 9.75. The number of carboxylic acid groups (broad SMARTS) is 1. The first-order valence-electron chi connectivity index (χ1n) is 15.7. The molecule has 3 amide bonds. The van der Waals surface area contributed by atoms with E-state index in [0.717, 1.165) is 43.2 Å². The van der Waals surface area contributed by atoms with Crippen LogP contribution in [0.3, 0.4) is 0 Å². The second-order valence-corrected chi connectivity index (χ2v) is 12.0. The lowest BCUT2D eigenvalue weighted by Gasteiger charge is -2.35. The largest absolute Gasteiger partial charge is 0.490 e. The second-order valence-electron chi connectivity index (χ2n) is 12.0. The number of hydrogen-bond donors (Lipinski definition) is 8. The fourth-order valence-electron chi connectivity index (χ4n) is 5.55. The topological polar surface area (TPSA) is 253 Å². The summed E-state index contributed by atoms with van der Waals surface area (Å²) in [5.41, 5.74) is 23.3. The molecule has 1 aliphatic carbocycles. The van der Waals surface area contributed by atoms with Gasteiger partial charge in [0.05, 0.1) is 5.41 Å². The molecule has 268 valence electrons. The van der Waals surface area contributed by atoms with Crippen LogP contribution < -0.4 is 33.6 Å². The van der Waals surface area contributed by atoms with Gasteiger partial charge in [-0.05, 0) is 56.1 Å². The van der Waals surface area contributed by atoms with Gasteiger partial charge in [-0.1, -0.05) is 73.9 Å². The summed E-state index contributed by atoms with van der Waals surface area (Å²) in [5, 5.41) is 20.7. The van der Waals surface area contributed by atoms with Crippen LogP contribution in [-0.2, 0) is 31.0 Å². The highest BCUT2D eigenvalue weighted by molar-refractivity contribution is 5.96. The Kier molecular flexibility index (Phi) is 15.0. The smallest absolute Gasteiger partial charge is 0.475 e. The Morgan fingerprint density at radius 1 is 0.939 bits per heavy atom. The number of nitrogens with zero attached hydrogens (tertiary/aromatic N) is 1. The first-order chi connectivity index (χ1) is 23.0. The molecule has 1 fully saturated rings. The Hall–Kier alpha value is -5.15. The molecule has 0 radical (unpaired) electrons. The SMILES string of the molecule is CC(Cc1ccc(C(=N)N)cc1)(C(=O)N[C@H](C(=O)N[C@@H](CCCN=C(N)N)C(N)=O)C1CCCCC1)c1ccccc1.O=C(O)C(F)(F)F. The first kappa shape index (κ1) is 40.0. The highest BCUT2D eigenvalue weighted by Gasteiger charge is 2.40. The van der Waals surface area contributed by atoms with E-state index >= 15 is 0 Å². The third-order valence-corrected chi connectivity index (χ3v) is 8.27. The predicted octanol–water partition coefficient (Wildman–Crippen LogP) is 2.19. The summed E-state index contributed by atoms with van der Waals surface area (Å²) in [6.45, 7) is 2.16. The van der Waals surface area contributed by atoms with Gasteiger partial charge in [0, 0.05) is 12.1 Å². The number of rotatable bonds is 14. The van der Waals surface area contributed by atoms with Crippen molar-refractivity contribution in [1.82, 2.24) is 10.6 Å². The molecule has 49 heavy (non-hydrogen) atoms. The van der Waals surface area contributed by atoms with Crippen molar-refractivity contribution < 1.29 is 37.5 Å². The Balaban J connectivity index is 0.00000107. The number of nitrogens with two attached hydrogens (primary N) is 4. The molecule has 3 rings (SSSR count). The number of halogens is 3. The van der Waals surface area contributed by atoms with Crippen molar-refractivity contribution in [2.45, 2.75) is 82.0 Å². The summed E-state index contributed by atoms with van der Waals surface area (Å²) in [6.07, 6.45) is 0.556. The summed E-state index contributed by atoms with van der Waals surface area (Å²) in [7, 11) is 0. The molecule has 1 unspecified atom stereocenters. The molecule has 0 spiro atoms. The maximum atomic E-state index is 14.2. The minimum atomic E-state index is -5.08. The van der Waals surface area contributed by atoms with Gasteiger partial charge in [-0.15, -0.1) is 0 Å². The molecule has 12 N–H and O–H groups in total. The number of aliphatic carboxylic acids is 1. The number of nitrogens with one attached hydrogen (secondary N) is 3. The predicted molar refractivity (Wildman–Crippen MR) is 178 cm³/mol. The average molecular weight is 691 g/mol. The zero-order valence-electron chi connectivity index (χ0n) is 27.3. The fourth-order valence-corrected chi connectivity index (χ4v) is 5.55. The van der Waals surface area contributed by atoms with Crippen LogP contribution in [0.15, 0.2) is 59.6 Å². The van der Waals surface area contributed by atoms with Crippen molar-refractivity contribution >= 4 is 35.5 Å². The van der Waals surface area contributed by atoms with Crippen LogP contribution in [0.2, 0.25) is 0 Å². The van der Waals surface area contributed by atoms with E-state index in [4.69, 9.17) is 38.2 Å². The van der Waals surface area contributed by atoms with Crippen molar-refractivity contribution in [2.24, 2.45) is 33.8 Å². The maximum absolute atomic E-state index is 14.2. The quantitative estimate of drug-likeness (QED) is 0.0826. The molecule has 16 heteroatoms. The second kappa shape index (κ2) is 18.4. The zero-order chi connectivity index (χ0) is 36.8. The fraction of sp³-hybridized carbons (Fsp3) is 0.455. The Bertz CT molecular complexity index is 1460. The van der Waals surface area contributed by atoms with E-state index in [9.17, 15) is 27.6 Å². The van der Waals surface area contributed by atoms with Gasteiger partial charge in [0.25, 0.3) is 0 Å². The Morgan fingerprint density at radius 2 is 1.51 bits per heavy atom. The minimum absolute atomic E-state index is 0.0306. The standard InChI is InChI=1S/C31H44N8O3.C2HF3O2/c1-31(23-11-6-3-7-12-23,19-20-14-16-22(17-15-20)26(32)33)29(42)39-25(21-9-4-2-5-10-21)28(41)38-24(27(34)40)13-8-18-37-30(35)36;3-2(4,5)1(6)7/h3,6-7,11-12,14-17,21,24-25H,2,4-5,8-10,13,18-19H2,1H3,(H3,32,33)(H2,34,40)(H,38,41)(H,39,42)(H4,35,36,37);(H,6,7)/t24-,25-,31?;/m0./s1. The van der Waals surface area contributed by atoms with Gasteiger partial charge in [0.1, 0.15) is 17.9 Å². The monoisotopic (exact) mass is 690 g/mol. The van der Waals surface area contributed by atoms with Gasteiger partial charge in [0.15, 0.2) is 5.96 Å². The number of amides is 3. The molecule has 13 nitrogen and oxygen atoms in total. The van der Waals surface area contributed by atoms with E-state index in [2.05, 4.69) is 15.6 Å². The number of aliphatic imine (C=N–C) groups is 1. The number of nitrogen functional groups attached to an aromatic ring is 1. The highest BCUT2D eigenvalue weighted by Crippen LogP contribution is 2.31. The summed E-state index contributed by atoms with van der Waals surface area (Å²) >= 11 is 0. The molecular weight excluding hydrogens is 645 g/mol. The molecule has 3 atom stereocenters. The van der Waals surface area contributed by atoms with Crippen LogP contribution in [0.25, 0.3) is 0 Å². The highest BCUT2D eigenvalue weighted by atomic mass is 19.4. The molecule has 0 aliphatic heterocycles. The first-order valence-corrected chi connectivity index (χ1v) is 15.7. The van der Waals surface area contributed by atoms with E-state index in [1.807, 2.05) is 49.4 Å².